The molecule has 3 saturated carbocycles. The molecule has 0 aliphatic heterocycles. The van der Waals surface area contributed by atoms with Gasteiger partial charge in [0.25, 0.3) is 5.91 Å². The van der Waals surface area contributed by atoms with Crippen molar-refractivity contribution in [1.29, 1.82) is 5.26 Å². The molecule has 2 amide bonds. The number of pyridine rings is 1. The van der Waals surface area contributed by atoms with Crippen molar-refractivity contribution in [2.45, 2.75) is 57.3 Å². The fraction of sp³-hybridized carbons (Fsp3) is 0.444. The van der Waals surface area contributed by atoms with Crippen molar-refractivity contribution in [3.63, 3.8) is 0 Å². The van der Waals surface area contributed by atoms with Crippen molar-refractivity contribution < 1.29 is 19.1 Å². The van der Waals surface area contributed by atoms with Crippen LogP contribution >= 0.6 is 0 Å². The van der Waals surface area contributed by atoms with E-state index >= 15 is 0 Å². The van der Waals surface area contributed by atoms with Gasteiger partial charge in [0, 0.05) is 25.2 Å². The topological polar surface area (TPSA) is 144 Å². The minimum absolute atomic E-state index is 0.0541. The summed E-state index contributed by atoms with van der Waals surface area (Å²) < 4.78 is 16.0. The predicted molar refractivity (Wildman–Crippen MR) is 138 cm³/mol. The van der Waals surface area contributed by atoms with Gasteiger partial charge in [-0.2, -0.15) is 10.4 Å². The summed E-state index contributed by atoms with van der Waals surface area (Å²) in [4.78, 5) is 28.9. The van der Waals surface area contributed by atoms with Crippen molar-refractivity contribution in [1.82, 2.24) is 25.2 Å². The maximum atomic E-state index is 14.3. The highest BCUT2D eigenvalue weighted by Gasteiger charge is 2.67. The Labute approximate surface area is 219 Å². The van der Waals surface area contributed by atoms with E-state index < -0.39 is 17.7 Å². The van der Waals surface area contributed by atoms with Gasteiger partial charge in [0.05, 0.1) is 52.1 Å². The number of aromatic nitrogens is 3. The molecular weight excluding hydrogens is 489 g/mol. The summed E-state index contributed by atoms with van der Waals surface area (Å²) in [5.41, 5.74) is 1.55. The Bertz CT molecular complexity index is 1450. The lowest BCUT2D eigenvalue weighted by atomic mass is 9.39. The lowest BCUT2D eigenvalue weighted by molar-refractivity contribution is -0.130. The van der Waals surface area contributed by atoms with Crippen molar-refractivity contribution in [3.8, 4) is 17.5 Å². The van der Waals surface area contributed by atoms with Gasteiger partial charge in [-0.15, -0.1) is 0 Å². The predicted octanol–water partition coefficient (Wildman–Crippen LogP) is 2.58. The number of nitrogens with zero attached hydrogens (tertiary/aromatic N) is 4. The number of anilines is 1. The first kappa shape index (κ1) is 25.6. The van der Waals surface area contributed by atoms with Gasteiger partial charge in [-0.05, 0) is 62.8 Å². The van der Waals surface area contributed by atoms with Crippen molar-refractivity contribution in [2.75, 3.05) is 18.4 Å². The Morgan fingerprint density at radius 1 is 1.24 bits per heavy atom. The van der Waals surface area contributed by atoms with Gasteiger partial charge in [0.1, 0.15) is 12.2 Å². The standard InChI is InChI=1S/C27H30FN7O3/c1-16(36)32-15-26-12-27(13-26,14-26)34-20-7-21(22-5-4-18-6-17(8-29)9-33-35(18)22)30-10-19(20)24(37)31-11-23(28)25(2,3)38/h4-7,9-10,23,38H,11-15H2,1-3H3,(H,30,34)(H,31,37)(H,32,36)/t23-,26?,27?/m1/s1. The summed E-state index contributed by atoms with van der Waals surface area (Å²) in [5.74, 6) is -0.559. The van der Waals surface area contributed by atoms with E-state index in [1.54, 1.807) is 16.6 Å². The number of hydrogen-bond acceptors (Lipinski definition) is 7. The van der Waals surface area contributed by atoms with Gasteiger partial charge in [0.2, 0.25) is 5.91 Å². The van der Waals surface area contributed by atoms with E-state index in [9.17, 15) is 19.1 Å². The van der Waals surface area contributed by atoms with Gasteiger partial charge in [-0.1, -0.05) is 0 Å². The highest BCUT2D eigenvalue weighted by atomic mass is 19.1. The van der Waals surface area contributed by atoms with E-state index in [1.165, 1.54) is 33.2 Å². The summed E-state index contributed by atoms with van der Waals surface area (Å²) in [5, 5.41) is 32.4. The maximum Gasteiger partial charge on any atom is 0.255 e. The summed E-state index contributed by atoms with van der Waals surface area (Å²) in [6.07, 6.45) is 3.86. The minimum atomic E-state index is -1.64. The number of hydrogen-bond donors (Lipinski definition) is 4. The fourth-order valence-electron chi connectivity index (χ4n) is 5.58. The molecule has 0 saturated heterocycles. The number of amides is 2. The van der Waals surface area contributed by atoms with E-state index in [1.807, 2.05) is 12.1 Å². The normalized spacial score (nSPS) is 22.5. The smallest absolute Gasteiger partial charge is 0.255 e. The third kappa shape index (κ3) is 4.67. The van der Waals surface area contributed by atoms with Crippen LogP contribution in [0.1, 0.15) is 56.0 Å². The van der Waals surface area contributed by atoms with Crippen LogP contribution in [0, 0.1) is 16.7 Å². The highest BCUT2D eigenvalue weighted by molar-refractivity contribution is 6.00. The number of nitrogens with one attached hydrogen (secondary N) is 3. The van der Waals surface area contributed by atoms with E-state index in [0.717, 1.165) is 24.8 Å². The van der Waals surface area contributed by atoms with Crippen molar-refractivity contribution in [2.24, 2.45) is 5.41 Å². The fourth-order valence-corrected chi connectivity index (χ4v) is 5.58. The van der Waals surface area contributed by atoms with Gasteiger partial charge in [-0.25, -0.2) is 8.91 Å². The number of aliphatic hydroxyl groups is 1. The molecule has 3 heterocycles. The average molecular weight is 520 g/mol. The molecule has 0 aromatic carbocycles. The van der Waals surface area contributed by atoms with E-state index in [-0.39, 0.29) is 29.0 Å². The Hall–Kier alpha value is -4.04. The van der Waals surface area contributed by atoms with Gasteiger partial charge in [-0.3, -0.25) is 14.6 Å². The van der Waals surface area contributed by atoms with Crippen LogP contribution in [0.15, 0.2) is 36.7 Å². The molecule has 198 valence electrons. The van der Waals surface area contributed by atoms with Gasteiger partial charge in [0.15, 0.2) is 0 Å². The molecule has 3 aromatic heterocycles. The molecule has 10 nitrogen and oxygen atoms in total. The number of carbonyl (C=O) groups is 2. The van der Waals surface area contributed by atoms with Gasteiger partial charge >= 0.3 is 0 Å². The van der Waals surface area contributed by atoms with Crippen LogP contribution in [0.4, 0.5) is 10.1 Å². The number of carbonyl (C=O) groups excluding carboxylic acids is 2. The molecule has 2 bridgehead atoms. The monoisotopic (exact) mass is 519 g/mol. The first-order valence-corrected chi connectivity index (χ1v) is 12.5. The first-order valence-electron chi connectivity index (χ1n) is 12.5. The largest absolute Gasteiger partial charge is 0.387 e. The Balaban J connectivity index is 1.42. The zero-order chi connectivity index (χ0) is 27.3. The molecule has 3 fully saturated rings. The number of halogens is 1. The molecule has 11 heteroatoms. The molecule has 3 aromatic rings. The highest BCUT2D eigenvalue weighted by Crippen LogP contribution is 2.68. The SMILES string of the molecule is CC(=O)NCC12CC(Nc3cc(-c4ccc5cc(C#N)cnn45)ncc3C(=O)NC[C@@H](F)C(C)(C)O)(C1)C2. The van der Waals surface area contributed by atoms with Crippen LogP contribution in [0.3, 0.4) is 0 Å². The molecule has 3 aliphatic rings. The Morgan fingerprint density at radius 3 is 2.63 bits per heavy atom. The molecule has 0 unspecified atom stereocenters. The number of rotatable bonds is 9. The summed E-state index contributed by atoms with van der Waals surface area (Å²) in [6, 6.07) is 9.26. The first-order chi connectivity index (χ1) is 17.9. The van der Waals surface area contributed by atoms with Crippen LogP contribution in [-0.2, 0) is 4.79 Å². The second kappa shape index (κ2) is 9.06. The molecule has 0 radical (unpaired) electrons. The molecular formula is C27H30FN7O3. The van der Waals surface area contributed by atoms with E-state index in [2.05, 4.69) is 32.1 Å². The Kier molecular flexibility index (Phi) is 6.10. The van der Waals surface area contributed by atoms with E-state index in [0.29, 0.717) is 29.2 Å². The minimum Gasteiger partial charge on any atom is -0.387 e. The maximum absolute atomic E-state index is 14.3. The summed E-state index contributed by atoms with van der Waals surface area (Å²) in [6.45, 7) is 4.49. The number of alkyl halides is 1. The molecule has 1 atom stereocenters. The molecule has 6 rings (SSSR count). The molecule has 3 aliphatic carbocycles. The molecule has 38 heavy (non-hydrogen) atoms. The zero-order valence-corrected chi connectivity index (χ0v) is 21.5. The second-order valence-electron chi connectivity index (χ2n) is 11.2. The zero-order valence-electron chi connectivity index (χ0n) is 21.5. The summed E-state index contributed by atoms with van der Waals surface area (Å²) in [7, 11) is 0. The number of nitriles is 1. The van der Waals surface area contributed by atoms with Crippen LogP contribution < -0.4 is 16.0 Å². The summed E-state index contributed by atoms with van der Waals surface area (Å²) >= 11 is 0. The lowest BCUT2D eigenvalue weighted by Gasteiger charge is -2.71. The van der Waals surface area contributed by atoms with Crippen LogP contribution in [0.5, 0.6) is 0 Å². The molecule has 0 spiro atoms. The number of fused-ring (bicyclic) bond motifs is 1. The Morgan fingerprint density at radius 2 is 1.97 bits per heavy atom. The van der Waals surface area contributed by atoms with Gasteiger partial charge < -0.3 is 21.1 Å². The quantitative estimate of drug-likeness (QED) is 0.340. The van der Waals surface area contributed by atoms with Crippen LogP contribution in [0.2, 0.25) is 0 Å². The lowest BCUT2D eigenvalue weighted by Crippen LogP contribution is -2.73. The third-order valence-electron chi connectivity index (χ3n) is 7.50. The van der Waals surface area contributed by atoms with Crippen LogP contribution in [0.25, 0.3) is 16.9 Å². The molecule has 4 N–H and O–H groups in total. The third-order valence-corrected chi connectivity index (χ3v) is 7.50. The second-order valence-corrected chi connectivity index (χ2v) is 11.2. The van der Waals surface area contributed by atoms with Crippen LogP contribution in [-0.4, -0.2) is 61.9 Å². The van der Waals surface area contributed by atoms with Crippen molar-refractivity contribution >= 4 is 23.0 Å². The average Bonchev–Trinajstić information content (AvgIpc) is 3.25. The van der Waals surface area contributed by atoms with E-state index in [4.69, 9.17) is 5.26 Å². The van der Waals surface area contributed by atoms with Crippen molar-refractivity contribution in [3.05, 3.63) is 47.8 Å².